The number of unbranched alkanes of at least 4 members (excludes halogenated alkanes) is 2. The highest BCUT2D eigenvalue weighted by atomic mass is 16.7. The molecule has 0 saturated carbocycles. The maximum absolute atomic E-state index is 12.4. The van der Waals surface area contributed by atoms with Crippen molar-refractivity contribution in [2.75, 3.05) is 6.61 Å². The van der Waals surface area contributed by atoms with Crippen LogP contribution in [0.4, 0.5) is 0 Å². The summed E-state index contributed by atoms with van der Waals surface area (Å²) in [5.74, 6) is -2.39. The molecule has 0 bridgehead atoms. The highest BCUT2D eigenvalue weighted by molar-refractivity contribution is 5.75. The summed E-state index contributed by atoms with van der Waals surface area (Å²) in [6.45, 7) is 4.18. The van der Waals surface area contributed by atoms with Crippen molar-refractivity contribution < 1.29 is 44.2 Å². The van der Waals surface area contributed by atoms with Crippen LogP contribution in [0, 0.1) is 0 Å². The molecule has 0 aromatic carbocycles. The van der Waals surface area contributed by atoms with E-state index in [4.69, 9.17) is 19.3 Å². The predicted octanol–water partition coefficient (Wildman–Crippen LogP) is 4.14. The maximum Gasteiger partial charge on any atom is 0.337 e. The second-order valence-electron chi connectivity index (χ2n) is 9.14. The second kappa shape index (κ2) is 21.3. The quantitative estimate of drug-likeness (QED) is 0.106. The molecule has 39 heavy (non-hydrogen) atoms. The Morgan fingerprint density at radius 1 is 0.769 bits per heavy atom. The van der Waals surface area contributed by atoms with Gasteiger partial charge in [-0.1, -0.05) is 74.6 Å². The van der Waals surface area contributed by atoms with Crippen molar-refractivity contribution in [3.63, 3.8) is 0 Å². The van der Waals surface area contributed by atoms with E-state index >= 15 is 0 Å². The minimum atomic E-state index is -1.85. The third-order valence-corrected chi connectivity index (χ3v) is 5.92. The zero-order valence-corrected chi connectivity index (χ0v) is 23.1. The van der Waals surface area contributed by atoms with Gasteiger partial charge in [0.05, 0.1) is 0 Å². The molecule has 1 fully saturated rings. The summed E-state index contributed by atoms with van der Waals surface area (Å²) in [6.07, 6.45) is 19.2. The molecule has 0 aromatic rings. The molecular formula is C30H46O9. The molecule has 1 aliphatic heterocycles. The molecule has 1 aliphatic rings. The van der Waals surface area contributed by atoms with Crippen LogP contribution >= 0.6 is 0 Å². The van der Waals surface area contributed by atoms with Gasteiger partial charge in [-0.3, -0.25) is 0 Å². The van der Waals surface area contributed by atoms with Gasteiger partial charge in [0, 0.05) is 6.61 Å². The van der Waals surface area contributed by atoms with Crippen LogP contribution in [0.25, 0.3) is 0 Å². The number of carbonyl (C=O) groups is 2. The Kier molecular flexibility index (Phi) is 18.8. The number of aliphatic hydroxyl groups is 3. The molecule has 9 heteroatoms. The van der Waals surface area contributed by atoms with Gasteiger partial charge in [0.1, 0.15) is 18.3 Å². The molecule has 1 unspecified atom stereocenters. The molecule has 0 spiro atoms. The number of carboxylic acid groups (broad SMARTS) is 1. The Labute approximate surface area is 232 Å². The van der Waals surface area contributed by atoms with E-state index in [2.05, 4.69) is 67.7 Å². The Balaban J connectivity index is 2.19. The van der Waals surface area contributed by atoms with Gasteiger partial charge in [0.2, 0.25) is 6.29 Å². The van der Waals surface area contributed by atoms with Crippen LogP contribution in [-0.4, -0.2) is 75.8 Å². The lowest BCUT2D eigenvalue weighted by Gasteiger charge is -2.38. The van der Waals surface area contributed by atoms with Crippen LogP contribution in [0.1, 0.15) is 71.6 Å². The van der Waals surface area contributed by atoms with E-state index in [1.54, 1.807) is 6.92 Å². The summed E-state index contributed by atoms with van der Waals surface area (Å²) in [6, 6.07) is 0. The van der Waals surface area contributed by atoms with E-state index in [0.29, 0.717) is 13.0 Å². The van der Waals surface area contributed by atoms with Gasteiger partial charge in [0.15, 0.2) is 12.2 Å². The third kappa shape index (κ3) is 14.4. The summed E-state index contributed by atoms with van der Waals surface area (Å²) in [7, 11) is 0. The monoisotopic (exact) mass is 550 g/mol. The number of allylic oxidation sites excluding steroid dienone is 10. The van der Waals surface area contributed by atoms with Crippen LogP contribution in [0.15, 0.2) is 60.8 Å². The minimum Gasteiger partial charge on any atom is -0.479 e. The zero-order valence-electron chi connectivity index (χ0n) is 23.1. The molecule has 0 aliphatic carbocycles. The van der Waals surface area contributed by atoms with Gasteiger partial charge < -0.3 is 34.6 Å². The molecule has 0 radical (unpaired) electrons. The van der Waals surface area contributed by atoms with Crippen molar-refractivity contribution in [1.29, 1.82) is 0 Å². The molecule has 1 heterocycles. The number of carbonyl (C=O) groups excluding carboxylic acids is 1. The molecule has 6 atom stereocenters. The molecule has 1 rings (SSSR count). The third-order valence-electron chi connectivity index (χ3n) is 5.92. The van der Waals surface area contributed by atoms with Crippen molar-refractivity contribution in [2.24, 2.45) is 0 Å². The van der Waals surface area contributed by atoms with Crippen LogP contribution in [0.2, 0.25) is 0 Å². The number of aliphatic hydroxyl groups excluding tert-OH is 3. The number of hydrogen-bond acceptors (Lipinski definition) is 8. The fourth-order valence-corrected chi connectivity index (χ4v) is 3.65. The van der Waals surface area contributed by atoms with Crippen molar-refractivity contribution >= 4 is 11.9 Å². The van der Waals surface area contributed by atoms with Crippen LogP contribution in [-0.2, 0) is 23.8 Å². The molecular weight excluding hydrogens is 504 g/mol. The lowest BCUT2D eigenvalue weighted by atomic mass is 9.99. The van der Waals surface area contributed by atoms with Gasteiger partial charge in [-0.15, -0.1) is 0 Å². The lowest BCUT2D eigenvalue weighted by molar-refractivity contribution is -0.288. The number of ether oxygens (including phenoxy) is 3. The van der Waals surface area contributed by atoms with E-state index < -0.39 is 48.7 Å². The molecule has 0 aromatic heterocycles. The number of esters is 1. The molecule has 220 valence electrons. The summed E-state index contributed by atoms with van der Waals surface area (Å²) in [5, 5.41) is 38.6. The zero-order chi connectivity index (χ0) is 28.9. The number of carboxylic acids is 1. The smallest absolute Gasteiger partial charge is 0.337 e. The van der Waals surface area contributed by atoms with Gasteiger partial charge in [-0.05, 0) is 57.8 Å². The van der Waals surface area contributed by atoms with Crippen molar-refractivity contribution in [2.45, 2.75) is 108 Å². The van der Waals surface area contributed by atoms with Gasteiger partial charge in [-0.2, -0.15) is 0 Å². The Morgan fingerprint density at radius 3 is 1.82 bits per heavy atom. The summed E-state index contributed by atoms with van der Waals surface area (Å²) in [5.41, 5.74) is 0. The van der Waals surface area contributed by atoms with Gasteiger partial charge >= 0.3 is 11.9 Å². The van der Waals surface area contributed by atoms with E-state index in [-0.39, 0.29) is 0 Å². The fourth-order valence-electron chi connectivity index (χ4n) is 3.65. The first-order chi connectivity index (χ1) is 18.8. The lowest BCUT2D eigenvalue weighted by Crippen LogP contribution is -2.61. The van der Waals surface area contributed by atoms with Crippen LogP contribution in [0.5, 0.6) is 0 Å². The Hall–Kier alpha value is -2.56. The predicted molar refractivity (Wildman–Crippen MR) is 149 cm³/mol. The van der Waals surface area contributed by atoms with Gasteiger partial charge in [-0.25, -0.2) is 9.59 Å². The largest absolute Gasteiger partial charge is 0.479 e. The van der Waals surface area contributed by atoms with E-state index in [1.165, 1.54) is 0 Å². The Morgan fingerprint density at radius 2 is 1.31 bits per heavy atom. The van der Waals surface area contributed by atoms with E-state index in [0.717, 1.165) is 51.4 Å². The van der Waals surface area contributed by atoms with Crippen molar-refractivity contribution in [3.8, 4) is 0 Å². The van der Waals surface area contributed by atoms with E-state index in [9.17, 15) is 24.9 Å². The first-order valence-electron chi connectivity index (χ1n) is 13.8. The number of rotatable bonds is 19. The summed E-state index contributed by atoms with van der Waals surface area (Å²) < 4.78 is 15.6. The van der Waals surface area contributed by atoms with Crippen LogP contribution in [0.3, 0.4) is 0 Å². The first kappa shape index (κ1) is 34.5. The molecule has 9 nitrogen and oxygen atoms in total. The molecule has 4 N–H and O–H groups in total. The first-order valence-corrected chi connectivity index (χ1v) is 13.8. The summed E-state index contributed by atoms with van der Waals surface area (Å²) >= 11 is 0. The van der Waals surface area contributed by atoms with Crippen molar-refractivity contribution in [3.05, 3.63) is 60.8 Å². The Bertz CT molecular complexity index is 830. The van der Waals surface area contributed by atoms with Crippen LogP contribution < -0.4 is 0 Å². The normalized spacial score (nSPS) is 25.0. The highest BCUT2D eigenvalue weighted by Gasteiger charge is 2.48. The summed E-state index contributed by atoms with van der Waals surface area (Å²) in [4.78, 5) is 23.6. The SMILES string of the molecule is CC/C=C\C/C=C\C/C=C\C/C=C\C/C=C\CCCCOC(CC)C(=O)O[C@@H]1O[C@H](C(=O)O)[C@@H](O)[C@H](O)[C@H]1O. The average Bonchev–Trinajstić information content (AvgIpc) is 2.92. The van der Waals surface area contributed by atoms with Gasteiger partial charge in [0.25, 0.3) is 0 Å². The standard InChI is InChI=1S/C30H46O9/c1-3-5-6-7-8-9-10-11-12-13-14-15-16-17-18-19-20-21-22-37-23(4-2)29(36)39-30-26(33)24(31)25(32)27(38-30)28(34)35/h5-6,8-9,11-12,14-15,17-18,23-27,30-33H,3-4,7,10,13,16,19-22H2,1-2H3,(H,34,35)/b6-5-,9-8-,12-11-,15-14-,18-17-/t23?,24-,25-,26+,27-,30-/m0/s1. The molecule has 1 saturated heterocycles. The topological polar surface area (TPSA) is 143 Å². The number of aliphatic carboxylic acids is 1. The minimum absolute atomic E-state index is 0.296. The fraction of sp³-hybridized carbons (Fsp3) is 0.600. The van der Waals surface area contributed by atoms with Crippen molar-refractivity contribution in [1.82, 2.24) is 0 Å². The second-order valence-corrected chi connectivity index (χ2v) is 9.14. The maximum atomic E-state index is 12.4. The number of hydrogen-bond donors (Lipinski definition) is 4. The molecule has 0 amide bonds. The van der Waals surface area contributed by atoms with E-state index in [1.807, 2.05) is 0 Å². The average molecular weight is 551 g/mol. The highest BCUT2D eigenvalue weighted by Crippen LogP contribution is 2.23.